The number of nitrogens with zero attached hydrogens (tertiary/aromatic N) is 4. The number of halogens is 1. The summed E-state index contributed by atoms with van der Waals surface area (Å²) in [6.45, 7) is 4.53. The number of hydrogen-bond donors (Lipinski definition) is 2. The number of carbonyl (C=O) groups is 1. The molecule has 8 nitrogen and oxygen atoms in total. The van der Waals surface area contributed by atoms with Crippen molar-refractivity contribution in [3.63, 3.8) is 0 Å². The number of rotatable bonds is 6. The second-order valence-corrected chi connectivity index (χ2v) is 9.80. The number of anilines is 1. The van der Waals surface area contributed by atoms with E-state index in [4.69, 9.17) is 9.72 Å². The second kappa shape index (κ2) is 9.73. The maximum absolute atomic E-state index is 13.9. The SMILES string of the molecule is CC(C)(F)CNc1ncc2c(n1)CCCC=C2c1ccn2ncc(C(=O)NC3CCOCC3)c2c1. The van der Waals surface area contributed by atoms with E-state index in [1.54, 1.807) is 10.7 Å². The van der Waals surface area contributed by atoms with Crippen LogP contribution >= 0.6 is 0 Å². The number of carbonyl (C=O) groups excluding carboxylic acids is 1. The van der Waals surface area contributed by atoms with Crippen LogP contribution in [0.2, 0.25) is 0 Å². The van der Waals surface area contributed by atoms with Crippen molar-refractivity contribution in [2.75, 3.05) is 25.1 Å². The molecule has 9 heteroatoms. The van der Waals surface area contributed by atoms with E-state index in [0.29, 0.717) is 24.7 Å². The number of hydrogen-bond acceptors (Lipinski definition) is 6. The monoisotopic (exact) mass is 478 g/mol. The van der Waals surface area contributed by atoms with Gasteiger partial charge in [-0.1, -0.05) is 6.08 Å². The highest BCUT2D eigenvalue weighted by Crippen LogP contribution is 2.31. The lowest BCUT2D eigenvalue weighted by atomic mass is 9.98. The summed E-state index contributed by atoms with van der Waals surface area (Å²) < 4.78 is 21.0. The van der Waals surface area contributed by atoms with Crippen molar-refractivity contribution in [2.24, 2.45) is 0 Å². The van der Waals surface area contributed by atoms with E-state index in [0.717, 1.165) is 60.0 Å². The van der Waals surface area contributed by atoms with Gasteiger partial charge in [0.2, 0.25) is 5.95 Å². The summed E-state index contributed by atoms with van der Waals surface area (Å²) in [7, 11) is 0. The van der Waals surface area contributed by atoms with Crippen molar-refractivity contribution in [1.29, 1.82) is 0 Å². The lowest BCUT2D eigenvalue weighted by molar-refractivity contribution is 0.0697. The Morgan fingerprint density at radius 1 is 1.29 bits per heavy atom. The molecule has 1 saturated heterocycles. The van der Waals surface area contributed by atoms with Crippen LogP contribution in [-0.4, -0.2) is 57.0 Å². The third-order valence-electron chi connectivity index (χ3n) is 6.42. The third kappa shape index (κ3) is 5.35. The van der Waals surface area contributed by atoms with Gasteiger partial charge >= 0.3 is 0 Å². The molecule has 4 heterocycles. The van der Waals surface area contributed by atoms with Gasteiger partial charge in [0.15, 0.2) is 0 Å². The summed E-state index contributed by atoms with van der Waals surface area (Å²) in [5.74, 6) is 0.322. The molecule has 1 aliphatic carbocycles. The van der Waals surface area contributed by atoms with Crippen LogP contribution in [0, 0.1) is 0 Å². The Balaban J connectivity index is 1.43. The van der Waals surface area contributed by atoms with Gasteiger partial charge in [-0.05, 0) is 69.2 Å². The number of allylic oxidation sites excluding steroid dienone is 1. The Kier molecular flexibility index (Phi) is 6.51. The highest BCUT2D eigenvalue weighted by molar-refractivity contribution is 6.01. The molecule has 2 N–H and O–H groups in total. The van der Waals surface area contributed by atoms with E-state index < -0.39 is 5.67 Å². The summed E-state index contributed by atoms with van der Waals surface area (Å²) in [6, 6.07) is 4.12. The first kappa shape index (κ1) is 23.4. The fourth-order valence-corrected chi connectivity index (χ4v) is 4.53. The molecule has 0 bridgehead atoms. The Labute approximate surface area is 204 Å². The number of fused-ring (bicyclic) bond motifs is 2. The first-order chi connectivity index (χ1) is 16.9. The van der Waals surface area contributed by atoms with E-state index in [2.05, 4.69) is 26.8 Å². The van der Waals surface area contributed by atoms with Gasteiger partial charge in [0.25, 0.3) is 5.91 Å². The van der Waals surface area contributed by atoms with E-state index in [1.807, 2.05) is 24.5 Å². The van der Waals surface area contributed by atoms with E-state index in [-0.39, 0.29) is 18.5 Å². The minimum atomic E-state index is -1.35. The second-order valence-electron chi connectivity index (χ2n) is 9.80. The van der Waals surface area contributed by atoms with Gasteiger partial charge in [0.05, 0.1) is 29.5 Å². The molecule has 3 aromatic rings. The molecule has 184 valence electrons. The molecule has 1 fully saturated rings. The van der Waals surface area contributed by atoms with E-state index >= 15 is 0 Å². The van der Waals surface area contributed by atoms with Crippen molar-refractivity contribution in [3.05, 3.63) is 59.2 Å². The molecule has 0 aromatic carbocycles. The highest BCUT2D eigenvalue weighted by atomic mass is 19.1. The number of alkyl halides is 1. The van der Waals surface area contributed by atoms with Crippen molar-refractivity contribution in [3.8, 4) is 0 Å². The zero-order valence-electron chi connectivity index (χ0n) is 20.2. The van der Waals surface area contributed by atoms with Crippen LogP contribution in [-0.2, 0) is 11.2 Å². The fraction of sp³-hybridized carbons (Fsp3) is 0.462. The topological polar surface area (TPSA) is 93.4 Å². The zero-order valence-corrected chi connectivity index (χ0v) is 20.2. The molecule has 0 atom stereocenters. The van der Waals surface area contributed by atoms with Crippen molar-refractivity contribution in [1.82, 2.24) is 24.9 Å². The Bertz CT molecular complexity index is 1260. The molecule has 0 spiro atoms. The van der Waals surface area contributed by atoms with Crippen LogP contribution in [0.3, 0.4) is 0 Å². The molecular weight excluding hydrogens is 447 g/mol. The maximum Gasteiger partial charge on any atom is 0.255 e. The zero-order chi connectivity index (χ0) is 24.4. The summed E-state index contributed by atoms with van der Waals surface area (Å²) in [6.07, 6.45) is 11.8. The number of aryl methyl sites for hydroxylation is 1. The van der Waals surface area contributed by atoms with E-state index in [1.165, 1.54) is 13.8 Å². The predicted octanol–water partition coefficient (Wildman–Crippen LogP) is 3.96. The number of aromatic nitrogens is 4. The quantitative estimate of drug-likeness (QED) is 0.557. The maximum atomic E-state index is 13.9. The molecular formula is C26H31FN6O2. The Hall–Kier alpha value is -3.33. The molecule has 5 rings (SSSR count). The van der Waals surface area contributed by atoms with Crippen molar-refractivity contribution in [2.45, 2.75) is 57.7 Å². The molecule has 2 aliphatic rings. The van der Waals surface area contributed by atoms with E-state index in [9.17, 15) is 9.18 Å². The smallest absolute Gasteiger partial charge is 0.255 e. The first-order valence-corrected chi connectivity index (χ1v) is 12.2. The molecule has 0 saturated carbocycles. The van der Waals surface area contributed by atoms with Crippen molar-refractivity contribution >= 4 is 22.9 Å². The highest BCUT2D eigenvalue weighted by Gasteiger charge is 2.22. The number of amides is 1. The summed E-state index contributed by atoms with van der Waals surface area (Å²) in [5.41, 5.74) is 3.88. The Morgan fingerprint density at radius 2 is 2.11 bits per heavy atom. The largest absolute Gasteiger partial charge is 0.381 e. The summed E-state index contributed by atoms with van der Waals surface area (Å²) in [5, 5.41) is 10.5. The number of ether oxygens (including phenoxy) is 1. The minimum absolute atomic E-state index is 0.117. The van der Waals surface area contributed by atoms with Gasteiger partial charge in [-0.3, -0.25) is 4.79 Å². The fourth-order valence-electron chi connectivity index (χ4n) is 4.53. The number of pyridine rings is 1. The average molecular weight is 479 g/mol. The van der Waals surface area contributed by atoms with Gasteiger partial charge < -0.3 is 15.4 Å². The molecule has 0 radical (unpaired) electrons. The van der Waals surface area contributed by atoms with Gasteiger partial charge in [-0.25, -0.2) is 18.9 Å². The molecule has 3 aromatic heterocycles. The van der Waals surface area contributed by atoms with Crippen LogP contribution in [0.25, 0.3) is 11.1 Å². The van der Waals surface area contributed by atoms with Gasteiger partial charge in [0, 0.05) is 37.2 Å². The minimum Gasteiger partial charge on any atom is -0.381 e. The standard InChI is InChI=1S/C26H31FN6O2/c1-26(2,27)16-29-25-28-14-20-19(5-3-4-6-22(20)32-25)17-7-10-33-23(13-17)21(15-30-33)24(34)31-18-8-11-35-12-9-18/h5,7,10,13-15,18H,3-4,6,8-9,11-12,16H2,1-2H3,(H,31,34)(H,28,29,32). The molecule has 1 aliphatic heterocycles. The molecule has 0 unspecified atom stereocenters. The normalized spacial score (nSPS) is 16.9. The van der Waals surface area contributed by atoms with Gasteiger partial charge in [0.1, 0.15) is 5.67 Å². The summed E-state index contributed by atoms with van der Waals surface area (Å²) in [4.78, 5) is 22.2. The van der Waals surface area contributed by atoms with Gasteiger partial charge in [-0.15, -0.1) is 0 Å². The van der Waals surface area contributed by atoms with Crippen LogP contribution in [0.4, 0.5) is 10.3 Å². The van der Waals surface area contributed by atoms with Crippen LogP contribution < -0.4 is 10.6 Å². The molecule has 35 heavy (non-hydrogen) atoms. The van der Waals surface area contributed by atoms with Crippen LogP contribution in [0.5, 0.6) is 0 Å². The predicted molar refractivity (Wildman–Crippen MR) is 132 cm³/mol. The first-order valence-electron chi connectivity index (χ1n) is 12.2. The van der Waals surface area contributed by atoms with Crippen molar-refractivity contribution < 1.29 is 13.9 Å². The number of nitrogens with one attached hydrogen (secondary N) is 2. The average Bonchev–Trinajstić information content (AvgIpc) is 3.15. The van der Waals surface area contributed by atoms with Crippen LogP contribution in [0.15, 0.2) is 36.8 Å². The lowest BCUT2D eigenvalue weighted by Crippen LogP contribution is -2.38. The summed E-state index contributed by atoms with van der Waals surface area (Å²) >= 11 is 0. The lowest BCUT2D eigenvalue weighted by Gasteiger charge is -2.22. The van der Waals surface area contributed by atoms with Crippen LogP contribution in [0.1, 0.15) is 66.7 Å². The molecule has 1 amide bonds. The van der Waals surface area contributed by atoms with Gasteiger partial charge in [-0.2, -0.15) is 5.10 Å². The third-order valence-corrected chi connectivity index (χ3v) is 6.42. The Morgan fingerprint density at radius 3 is 2.91 bits per heavy atom.